The number of amides is 1. The van der Waals surface area contributed by atoms with E-state index in [9.17, 15) is 4.79 Å². The van der Waals surface area contributed by atoms with E-state index in [1.54, 1.807) is 7.11 Å². The summed E-state index contributed by atoms with van der Waals surface area (Å²) in [6.45, 7) is 1.80. The van der Waals surface area contributed by atoms with Crippen LogP contribution in [-0.2, 0) is 11.2 Å². The highest BCUT2D eigenvalue weighted by molar-refractivity contribution is 5.79. The summed E-state index contributed by atoms with van der Waals surface area (Å²) in [6, 6.07) is 16.9. The van der Waals surface area contributed by atoms with Gasteiger partial charge < -0.3 is 15.0 Å². The van der Waals surface area contributed by atoms with E-state index in [1.807, 2.05) is 18.2 Å². The van der Waals surface area contributed by atoms with Crippen molar-refractivity contribution in [1.29, 1.82) is 0 Å². The van der Waals surface area contributed by atoms with Crippen LogP contribution < -0.4 is 15.0 Å². The highest BCUT2D eigenvalue weighted by Crippen LogP contribution is 2.39. The Morgan fingerprint density at radius 1 is 1.15 bits per heavy atom. The van der Waals surface area contributed by atoms with E-state index in [1.165, 1.54) is 18.4 Å². The molecule has 2 aromatic carbocycles. The molecular formula is C22H26N2O2. The van der Waals surface area contributed by atoms with Crippen molar-refractivity contribution in [3.05, 3.63) is 59.7 Å². The predicted octanol–water partition coefficient (Wildman–Crippen LogP) is 3.51. The summed E-state index contributed by atoms with van der Waals surface area (Å²) >= 11 is 0. The molecule has 1 N–H and O–H groups in total. The molecule has 1 saturated carbocycles. The number of nitrogens with one attached hydrogen (secondary N) is 1. The molecule has 1 amide bonds. The molecule has 4 rings (SSSR count). The Bertz CT molecular complexity index is 768. The van der Waals surface area contributed by atoms with E-state index in [-0.39, 0.29) is 11.9 Å². The summed E-state index contributed by atoms with van der Waals surface area (Å²) in [4.78, 5) is 14.7. The van der Waals surface area contributed by atoms with Crippen molar-refractivity contribution in [2.45, 2.75) is 37.6 Å². The molecule has 1 aliphatic carbocycles. The highest BCUT2D eigenvalue weighted by atomic mass is 16.5. The van der Waals surface area contributed by atoms with Crippen LogP contribution in [0.25, 0.3) is 0 Å². The Morgan fingerprint density at radius 3 is 2.69 bits per heavy atom. The first kappa shape index (κ1) is 17.0. The summed E-state index contributed by atoms with van der Waals surface area (Å²) in [5.74, 6) is 1.74. The Kier molecular flexibility index (Phi) is 4.83. The topological polar surface area (TPSA) is 41.6 Å². The molecule has 0 unspecified atom stereocenters. The smallest absolute Gasteiger partial charge is 0.224 e. The Labute approximate surface area is 155 Å². The van der Waals surface area contributed by atoms with Crippen LogP contribution >= 0.6 is 0 Å². The van der Waals surface area contributed by atoms with Crippen molar-refractivity contribution in [3.8, 4) is 5.75 Å². The van der Waals surface area contributed by atoms with Crippen LogP contribution in [0.3, 0.4) is 0 Å². The molecule has 1 atom stereocenters. The zero-order valence-electron chi connectivity index (χ0n) is 15.3. The number of rotatable bonds is 6. The van der Waals surface area contributed by atoms with Gasteiger partial charge in [-0.05, 0) is 48.4 Å². The molecule has 2 aromatic rings. The zero-order valence-corrected chi connectivity index (χ0v) is 15.3. The van der Waals surface area contributed by atoms with Crippen molar-refractivity contribution in [1.82, 2.24) is 5.32 Å². The van der Waals surface area contributed by atoms with Gasteiger partial charge in [0.05, 0.1) is 13.5 Å². The molecule has 0 aromatic heterocycles. The van der Waals surface area contributed by atoms with Crippen LogP contribution in [0.1, 0.15) is 36.3 Å². The van der Waals surface area contributed by atoms with Gasteiger partial charge in [0, 0.05) is 30.9 Å². The first-order valence-corrected chi connectivity index (χ1v) is 9.48. The quantitative estimate of drug-likeness (QED) is 0.867. The minimum absolute atomic E-state index is 0.113. The van der Waals surface area contributed by atoms with E-state index in [4.69, 9.17) is 4.74 Å². The molecule has 4 heteroatoms. The molecule has 1 aliphatic heterocycles. The average Bonchev–Trinajstić information content (AvgIpc) is 3.41. The maximum Gasteiger partial charge on any atom is 0.224 e. The highest BCUT2D eigenvalue weighted by Gasteiger charge is 2.25. The van der Waals surface area contributed by atoms with Crippen LogP contribution in [0.5, 0.6) is 5.75 Å². The maximum atomic E-state index is 12.4. The van der Waals surface area contributed by atoms with Gasteiger partial charge in [-0.15, -0.1) is 0 Å². The number of carbonyl (C=O) groups is 1. The molecule has 1 heterocycles. The lowest BCUT2D eigenvalue weighted by Crippen LogP contribution is -2.37. The number of anilines is 1. The van der Waals surface area contributed by atoms with Crippen molar-refractivity contribution in [2.75, 3.05) is 25.1 Å². The Hall–Kier alpha value is -2.49. The summed E-state index contributed by atoms with van der Waals surface area (Å²) < 4.78 is 5.30. The minimum Gasteiger partial charge on any atom is -0.497 e. The van der Waals surface area contributed by atoms with Crippen molar-refractivity contribution in [2.24, 2.45) is 0 Å². The van der Waals surface area contributed by atoms with Gasteiger partial charge in [-0.1, -0.05) is 30.3 Å². The molecule has 26 heavy (non-hydrogen) atoms. The van der Waals surface area contributed by atoms with Crippen molar-refractivity contribution < 1.29 is 9.53 Å². The van der Waals surface area contributed by atoms with Gasteiger partial charge in [0.2, 0.25) is 5.91 Å². The molecule has 0 spiro atoms. The van der Waals surface area contributed by atoms with Crippen LogP contribution in [0, 0.1) is 0 Å². The third-order valence-corrected chi connectivity index (χ3v) is 5.36. The van der Waals surface area contributed by atoms with E-state index in [2.05, 4.69) is 40.5 Å². The van der Waals surface area contributed by atoms with Crippen LogP contribution in [-0.4, -0.2) is 32.1 Å². The lowest BCUT2D eigenvalue weighted by molar-refractivity contribution is -0.121. The minimum atomic E-state index is 0.113. The van der Waals surface area contributed by atoms with Gasteiger partial charge in [-0.2, -0.15) is 0 Å². The maximum absolute atomic E-state index is 12.4. The fourth-order valence-corrected chi connectivity index (χ4v) is 3.71. The second-order valence-electron chi connectivity index (χ2n) is 7.39. The van der Waals surface area contributed by atoms with Crippen LogP contribution in [0.15, 0.2) is 48.5 Å². The monoisotopic (exact) mass is 350 g/mol. The fraction of sp³-hybridized carbons (Fsp3) is 0.409. The predicted molar refractivity (Wildman–Crippen MR) is 104 cm³/mol. The summed E-state index contributed by atoms with van der Waals surface area (Å²) in [5.41, 5.74) is 3.66. The van der Waals surface area contributed by atoms with Crippen molar-refractivity contribution >= 4 is 11.6 Å². The normalized spacial score (nSPS) is 19.4. The van der Waals surface area contributed by atoms with Gasteiger partial charge in [0.25, 0.3) is 0 Å². The number of hydrogen-bond acceptors (Lipinski definition) is 3. The van der Waals surface area contributed by atoms with Crippen LogP contribution in [0.2, 0.25) is 0 Å². The summed E-state index contributed by atoms with van der Waals surface area (Å²) in [7, 11) is 1.68. The lowest BCUT2D eigenvalue weighted by atomic mass is 10.1. The average molecular weight is 350 g/mol. The van der Waals surface area contributed by atoms with Gasteiger partial charge in [0.1, 0.15) is 5.75 Å². The van der Waals surface area contributed by atoms with Gasteiger partial charge in [-0.25, -0.2) is 0 Å². The summed E-state index contributed by atoms with van der Waals surface area (Å²) in [6.07, 6.45) is 4.06. The third kappa shape index (κ3) is 4.01. The second-order valence-corrected chi connectivity index (χ2v) is 7.39. The molecule has 0 radical (unpaired) electrons. The number of methoxy groups -OCH3 is 1. The van der Waals surface area contributed by atoms with Gasteiger partial charge in [0.15, 0.2) is 0 Å². The summed E-state index contributed by atoms with van der Waals surface area (Å²) in [5, 5.41) is 3.19. The van der Waals surface area contributed by atoms with E-state index in [0.717, 1.165) is 42.4 Å². The first-order chi connectivity index (χ1) is 12.7. The number of nitrogens with zero attached hydrogens (tertiary/aromatic N) is 1. The third-order valence-electron chi connectivity index (χ3n) is 5.36. The number of ether oxygens (including phenoxy) is 1. The largest absolute Gasteiger partial charge is 0.497 e. The zero-order chi connectivity index (χ0) is 17.9. The Morgan fingerprint density at radius 2 is 1.96 bits per heavy atom. The standard InChI is InChI=1S/C22H26N2O2/c1-26-21-4-2-3-20(14-21)24-12-11-19(15-24)23-22(25)13-16-5-7-17(8-6-16)18-9-10-18/h2-8,14,18-19H,9-13,15H2,1H3,(H,23,25)/t19-/m1/s1. The molecular weight excluding hydrogens is 324 g/mol. The van der Waals surface area contributed by atoms with Crippen molar-refractivity contribution in [3.63, 3.8) is 0 Å². The molecule has 4 nitrogen and oxygen atoms in total. The Balaban J connectivity index is 1.29. The SMILES string of the molecule is COc1cccc(N2CC[C@@H](NC(=O)Cc3ccc(C4CC4)cc3)C2)c1. The molecule has 2 aliphatic rings. The molecule has 136 valence electrons. The second kappa shape index (κ2) is 7.40. The molecule has 2 fully saturated rings. The number of hydrogen-bond donors (Lipinski definition) is 1. The first-order valence-electron chi connectivity index (χ1n) is 9.48. The van der Waals surface area contributed by atoms with Gasteiger partial charge in [-0.3, -0.25) is 4.79 Å². The lowest BCUT2D eigenvalue weighted by Gasteiger charge is -2.19. The fourth-order valence-electron chi connectivity index (χ4n) is 3.71. The van der Waals surface area contributed by atoms with E-state index < -0.39 is 0 Å². The molecule has 0 bridgehead atoms. The van der Waals surface area contributed by atoms with E-state index >= 15 is 0 Å². The van der Waals surface area contributed by atoms with E-state index in [0.29, 0.717) is 6.42 Å². The van der Waals surface area contributed by atoms with Crippen LogP contribution in [0.4, 0.5) is 5.69 Å². The number of benzene rings is 2. The van der Waals surface area contributed by atoms with Gasteiger partial charge >= 0.3 is 0 Å². The number of carbonyl (C=O) groups excluding carboxylic acids is 1. The molecule has 1 saturated heterocycles.